The van der Waals surface area contributed by atoms with Crippen LogP contribution in [-0.4, -0.2) is 25.8 Å². The van der Waals surface area contributed by atoms with Crippen LogP contribution in [0.2, 0.25) is 0 Å². The van der Waals surface area contributed by atoms with Gasteiger partial charge in [-0.2, -0.15) is 5.10 Å². The Morgan fingerprint density at radius 1 is 0.447 bits per heavy atom. The number of hydrazone groups is 1. The Labute approximate surface area is 273 Å². The number of pyridine rings is 4. The SMILES string of the molecule is c1ccc(-c2cc(C3=NNC(c4cc(-c5ccccc5)cc(-c5ccccn5)n4)N3c3ccccc3)nc(-c3ccccn3)c2)cc1. The summed E-state index contributed by atoms with van der Waals surface area (Å²) in [4.78, 5) is 21.7. The molecule has 4 aromatic heterocycles. The van der Waals surface area contributed by atoms with Crippen LogP contribution in [0, 0.1) is 0 Å². The third-order valence-corrected chi connectivity index (χ3v) is 8.06. The summed E-state index contributed by atoms with van der Waals surface area (Å²) in [5, 5.41) is 4.95. The molecule has 47 heavy (non-hydrogen) atoms. The Bertz CT molecular complexity index is 2040. The first kappa shape index (κ1) is 28.0. The lowest BCUT2D eigenvalue weighted by Crippen LogP contribution is -2.35. The van der Waals surface area contributed by atoms with Gasteiger partial charge in [0.15, 0.2) is 12.0 Å². The van der Waals surface area contributed by atoms with Gasteiger partial charge in [0.2, 0.25) is 0 Å². The summed E-state index contributed by atoms with van der Waals surface area (Å²) in [6.45, 7) is 0. The third kappa shape index (κ3) is 5.74. The number of benzene rings is 3. The van der Waals surface area contributed by atoms with Gasteiger partial charge in [0, 0.05) is 18.1 Å². The average Bonchev–Trinajstić information content (AvgIpc) is 3.62. The standard InChI is InChI=1S/C40H29N7/c1-4-14-28(15-5-1)30-24-35(33-20-10-12-22-41-33)43-37(26-30)39-45-46-40(47(39)32-18-8-3-9-19-32)38-27-31(29-16-6-2-7-17-29)25-36(44-38)34-21-11-13-23-42-34/h1-27,39,45H. The number of rotatable bonds is 7. The number of para-hydroxylation sites is 1. The van der Waals surface area contributed by atoms with Crippen molar-refractivity contribution in [3.63, 3.8) is 0 Å². The number of hydrogen-bond donors (Lipinski definition) is 1. The molecule has 0 bridgehead atoms. The van der Waals surface area contributed by atoms with E-state index in [9.17, 15) is 0 Å². The number of aromatic nitrogens is 4. The highest BCUT2D eigenvalue weighted by atomic mass is 15.5. The van der Waals surface area contributed by atoms with Crippen LogP contribution in [0.15, 0.2) is 169 Å². The van der Waals surface area contributed by atoms with E-state index in [1.54, 1.807) is 12.4 Å². The summed E-state index contributed by atoms with van der Waals surface area (Å²) in [5.74, 6) is 0.683. The van der Waals surface area contributed by atoms with Gasteiger partial charge in [-0.1, -0.05) is 91.0 Å². The van der Waals surface area contributed by atoms with Crippen LogP contribution in [-0.2, 0) is 0 Å². The largest absolute Gasteiger partial charge is 0.295 e. The molecule has 0 saturated heterocycles. The fourth-order valence-electron chi connectivity index (χ4n) is 5.82. The second kappa shape index (κ2) is 12.5. The van der Waals surface area contributed by atoms with Gasteiger partial charge in [-0.25, -0.2) is 9.97 Å². The molecule has 1 aliphatic heterocycles. The molecule has 1 aliphatic rings. The molecule has 8 rings (SSSR count). The zero-order valence-electron chi connectivity index (χ0n) is 25.3. The molecule has 3 aromatic carbocycles. The molecule has 224 valence electrons. The minimum atomic E-state index is -0.418. The fourth-order valence-corrected chi connectivity index (χ4v) is 5.82. The molecule has 7 heteroatoms. The quantitative estimate of drug-likeness (QED) is 0.196. The Kier molecular flexibility index (Phi) is 7.45. The monoisotopic (exact) mass is 607 g/mol. The molecule has 5 heterocycles. The van der Waals surface area contributed by atoms with Crippen molar-refractivity contribution in [2.75, 3.05) is 4.90 Å². The summed E-state index contributed by atoms with van der Waals surface area (Å²) in [7, 11) is 0. The van der Waals surface area contributed by atoms with Crippen LogP contribution in [0.1, 0.15) is 17.6 Å². The predicted molar refractivity (Wildman–Crippen MR) is 187 cm³/mol. The van der Waals surface area contributed by atoms with Crippen LogP contribution in [0.4, 0.5) is 5.69 Å². The van der Waals surface area contributed by atoms with Gasteiger partial charge in [-0.3, -0.25) is 20.3 Å². The second-order valence-electron chi connectivity index (χ2n) is 11.1. The Hall–Kier alpha value is -6.47. The van der Waals surface area contributed by atoms with E-state index in [0.717, 1.165) is 62.1 Å². The van der Waals surface area contributed by atoms with E-state index in [1.807, 2.05) is 91.0 Å². The van der Waals surface area contributed by atoms with Crippen molar-refractivity contribution < 1.29 is 0 Å². The minimum absolute atomic E-state index is 0.418. The van der Waals surface area contributed by atoms with Crippen molar-refractivity contribution in [1.29, 1.82) is 0 Å². The summed E-state index contributed by atoms with van der Waals surface area (Å²) < 4.78 is 0. The van der Waals surface area contributed by atoms with Crippen LogP contribution in [0.5, 0.6) is 0 Å². The molecule has 0 aliphatic carbocycles. The smallest absolute Gasteiger partial charge is 0.181 e. The highest BCUT2D eigenvalue weighted by Gasteiger charge is 2.34. The van der Waals surface area contributed by atoms with Crippen molar-refractivity contribution in [2.24, 2.45) is 5.10 Å². The number of nitrogens with zero attached hydrogens (tertiary/aromatic N) is 6. The Morgan fingerprint density at radius 3 is 1.53 bits per heavy atom. The first-order chi connectivity index (χ1) is 23.3. The minimum Gasteiger partial charge on any atom is -0.295 e. The lowest BCUT2D eigenvalue weighted by Gasteiger charge is -2.27. The van der Waals surface area contributed by atoms with Crippen molar-refractivity contribution >= 4 is 11.5 Å². The number of hydrogen-bond acceptors (Lipinski definition) is 7. The van der Waals surface area contributed by atoms with Gasteiger partial charge in [-0.05, 0) is 82.9 Å². The van der Waals surface area contributed by atoms with Crippen LogP contribution in [0.25, 0.3) is 45.0 Å². The molecule has 7 aromatic rings. The molecule has 1 atom stereocenters. The van der Waals surface area contributed by atoms with E-state index >= 15 is 0 Å². The van der Waals surface area contributed by atoms with Crippen molar-refractivity contribution in [1.82, 2.24) is 25.4 Å². The first-order valence-corrected chi connectivity index (χ1v) is 15.5. The molecule has 0 fully saturated rings. The molecule has 0 amide bonds. The van der Waals surface area contributed by atoms with Crippen LogP contribution in [0.3, 0.4) is 0 Å². The van der Waals surface area contributed by atoms with E-state index in [1.165, 1.54) is 0 Å². The molecule has 0 radical (unpaired) electrons. The summed E-state index contributed by atoms with van der Waals surface area (Å²) in [6.07, 6.45) is 3.16. The van der Waals surface area contributed by atoms with Gasteiger partial charge >= 0.3 is 0 Å². The van der Waals surface area contributed by atoms with Crippen molar-refractivity contribution in [2.45, 2.75) is 6.17 Å². The van der Waals surface area contributed by atoms with E-state index in [4.69, 9.17) is 15.1 Å². The molecule has 1 N–H and O–H groups in total. The molecule has 0 spiro atoms. The number of amidine groups is 1. The molecule has 7 nitrogen and oxygen atoms in total. The maximum atomic E-state index is 5.17. The van der Waals surface area contributed by atoms with Gasteiger partial charge in [0.25, 0.3) is 0 Å². The fraction of sp³-hybridized carbons (Fsp3) is 0.0250. The van der Waals surface area contributed by atoms with E-state index < -0.39 is 6.17 Å². The van der Waals surface area contributed by atoms with E-state index in [2.05, 4.69) is 81.0 Å². The molecule has 0 saturated carbocycles. The lowest BCUT2D eigenvalue weighted by atomic mass is 10.0. The summed E-state index contributed by atoms with van der Waals surface area (Å²) in [6, 6.07) is 51.0. The predicted octanol–water partition coefficient (Wildman–Crippen LogP) is 8.40. The Balaban J connectivity index is 1.29. The highest BCUT2D eigenvalue weighted by Crippen LogP contribution is 2.35. The normalized spacial score (nSPS) is 14.0. The van der Waals surface area contributed by atoms with Gasteiger partial charge in [0.05, 0.1) is 28.5 Å². The highest BCUT2D eigenvalue weighted by molar-refractivity contribution is 6.11. The summed E-state index contributed by atoms with van der Waals surface area (Å²) in [5.41, 5.74) is 13.3. The molecular weight excluding hydrogens is 578 g/mol. The number of anilines is 1. The van der Waals surface area contributed by atoms with Crippen molar-refractivity contribution in [3.8, 4) is 45.0 Å². The first-order valence-electron chi connectivity index (χ1n) is 15.5. The zero-order chi connectivity index (χ0) is 31.4. The van der Waals surface area contributed by atoms with Crippen LogP contribution < -0.4 is 10.3 Å². The average molecular weight is 608 g/mol. The second-order valence-corrected chi connectivity index (χ2v) is 11.1. The Morgan fingerprint density at radius 2 is 0.957 bits per heavy atom. The zero-order valence-corrected chi connectivity index (χ0v) is 25.3. The molecule has 1 unspecified atom stereocenters. The van der Waals surface area contributed by atoms with Crippen molar-refractivity contribution in [3.05, 3.63) is 175 Å². The molecular formula is C40H29N7. The van der Waals surface area contributed by atoms with Crippen LogP contribution >= 0.6 is 0 Å². The van der Waals surface area contributed by atoms with E-state index in [0.29, 0.717) is 5.84 Å². The maximum Gasteiger partial charge on any atom is 0.181 e. The van der Waals surface area contributed by atoms with Gasteiger partial charge in [0.1, 0.15) is 5.69 Å². The maximum absolute atomic E-state index is 5.17. The third-order valence-electron chi connectivity index (χ3n) is 8.06. The lowest BCUT2D eigenvalue weighted by molar-refractivity contribution is 0.601. The van der Waals surface area contributed by atoms with Gasteiger partial charge < -0.3 is 0 Å². The number of nitrogens with one attached hydrogen (secondary N) is 1. The van der Waals surface area contributed by atoms with E-state index in [-0.39, 0.29) is 0 Å². The topological polar surface area (TPSA) is 79.2 Å². The summed E-state index contributed by atoms with van der Waals surface area (Å²) >= 11 is 0. The van der Waals surface area contributed by atoms with Gasteiger partial charge in [-0.15, -0.1) is 0 Å².